The molecule has 1 amide bonds. The van der Waals surface area contributed by atoms with E-state index < -0.39 is 9.84 Å². The lowest BCUT2D eigenvalue weighted by Crippen LogP contribution is -2.49. The van der Waals surface area contributed by atoms with E-state index in [0.29, 0.717) is 19.3 Å². The van der Waals surface area contributed by atoms with E-state index in [4.69, 9.17) is 0 Å². The second kappa shape index (κ2) is 6.27. The average Bonchev–Trinajstić information content (AvgIpc) is 2.75. The minimum absolute atomic E-state index is 0.123. The first-order chi connectivity index (χ1) is 10.9. The van der Waals surface area contributed by atoms with Gasteiger partial charge in [-0.05, 0) is 50.2 Å². The van der Waals surface area contributed by atoms with Gasteiger partial charge in [-0.2, -0.15) is 0 Å². The van der Waals surface area contributed by atoms with Gasteiger partial charge in [0.15, 0.2) is 0 Å². The van der Waals surface area contributed by atoms with Crippen molar-refractivity contribution in [3.8, 4) is 0 Å². The molecule has 2 heterocycles. The van der Waals surface area contributed by atoms with E-state index in [9.17, 15) is 13.2 Å². The molecule has 0 saturated carbocycles. The van der Waals surface area contributed by atoms with Crippen LogP contribution in [0.1, 0.15) is 43.2 Å². The number of sulfone groups is 1. The molecule has 0 spiro atoms. The lowest BCUT2D eigenvalue weighted by Gasteiger charge is -2.38. The maximum absolute atomic E-state index is 12.7. The number of hydrogen-bond donors (Lipinski definition) is 0. The third-order valence-electron chi connectivity index (χ3n) is 5.45. The van der Waals surface area contributed by atoms with Gasteiger partial charge < -0.3 is 4.90 Å². The van der Waals surface area contributed by atoms with Crippen LogP contribution < -0.4 is 0 Å². The van der Waals surface area contributed by atoms with Crippen molar-refractivity contribution < 1.29 is 13.2 Å². The Morgan fingerprint density at radius 1 is 1.17 bits per heavy atom. The van der Waals surface area contributed by atoms with E-state index in [1.165, 1.54) is 17.4 Å². The minimum Gasteiger partial charge on any atom is -0.337 e. The Labute approximate surface area is 138 Å². The summed E-state index contributed by atoms with van der Waals surface area (Å²) in [4.78, 5) is 14.7. The molecule has 1 aromatic rings. The number of hydrogen-bond acceptors (Lipinski definition) is 3. The Morgan fingerprint density at radius 2 is 1.78 bits per heavy atom. The van der Waals surface area contributed by atoms with E-state index in [-0.39, 0.29) is 23.2 Å². The Balaban J connectivity index is 1.64. The molecular weight excluding hydrogens is 310 g/mol. The molecule has 2 atom stereocenters. The van der Waals surface area contributed by atoms with Gasteiger partial charge in [-0.1, -0.05) is 24.3 Å². The number of carbonyl (C=O) groups is 1. The second-order valence-electron chi connectivity index (χ2n) is 7.04. The third-order valence-corrected chi connectivity index (χ3v) is 7.05. The zero-order valence-electron chi connectivity index (χ0n) is 13.9. The SMILES string of the molecule is Cc1ccccc1CCC(=O)N1[C@H]2CC[C@H]1CC(S(C)(=O)=O)C2. The van der Waals surface area contributed by atoms with E-state index in [1.54, 1.807) is 0 Å². The number of carbonyl (C=O) groups excluding carboxylic acids is 1. The predicted octanol–water partition coefficient (Wildman–Crippen LogP) is 2.49. The molecule has 0 aromatic heterocycles. The molecule has 4 nitrogen and oxygen atoms in total. The van der Waals surface area contributed by atoms with Crippen molar-refractivity contribution in [1.29, 1.82) is 0 Å². The van der Waals surface area contributed by atoms with Gasteiger partial charge in [0.05, 0.1) is 5.25 Å². The quantitative estimate of drug-likeness (QED) is 0.849. The van der Waals surface area contributed by atoms with E-state index >= 15 is 0 Å². The van der Waals surface area contributed by atoms with Crippen molar-refractivity contribution in [3.05, 3.63) is 35.4 Å². The van der Waals surface area contributed by atoms with Crippen LogP contribution in [0.2, 0.25) is 0 Å². The highest BCUT2D eigenvalue weighted by Gasteiger charge is 2.45. The molecule has 0 N–H and O–H groups in total. The first kappa shape index (κ1) is 16.5. The molecule has 2 aliphatic heterocycles. The van der Waals surface area contributed by atoms with Crippen LogP contribution in [0.5, 0.6) is 0 Å². The number of nitrogens with zero attached hydrogens (tertiary/aromatic N) is 1. The van der Waals surface area contributed by atoms with E-state index in [2.05, 4.69) is 19.1 Å². The van der Waals surface area contributed by atoms with Crippen molar-refractivity contribution in [1.82, 2.24) is 4.90 Å². The zero-order valence-corrected chi connectivity index (χ0v) is 14.7. The molecule has 2 saturated heterocycles. The van der Waals surface area contributed by atoms with Crippen LogP contribution in [-0.4, -0.2) is 42.8 Å². The Morgan fingerprint density at radius 3 is 2.35 bits per heavy atom. The fourth-order valence-corrected chi connectivity index (χ4v) is 5.29. The highest BCUT2D eigenvalue weighted by atomic mass is 32.2. The van der Waals surface area contributed by atoms with E-state index in [1.807, 2.05) is 17.0 Å². The number of aryl methyl sites for hydroxylation is 2. The molecule has 126 valence electrons. The molecule has 2 bridgehead atoms. The number of amides is 1. The normalized spacial score (nSPS) is 27.2. The molecular formula is C18H25NO3S. The van der Waals surface area contributed by atoms with Gasteiger partial charge in [0, 0.05) is 24.8 Å². The molecule has 5 heteroatoms. The molecule has 0 unspecified atom stereocenters. The lowest BCUT2D eigenvalue weighted by atomic mass is 9.99. The summed E-state index contributed by atoms with van der Waals surface area (Å²) in [5.74, 6) is 0.188. The molecule has 1 aromatic carbocycles. The maximum atomic E-state index is 12.7. The smallest absolute Gasteiger partial charge is 0.223 e. The topological polar surface area (TPSA) is 54.5 Å². The van der Waals surface area contributed by atoms with E-state index in [0.717, 1.165) is 19.3 Å². The molecule has 0 aliphatic carbocycles. The van der Waals surface area contributed by atoms with Crippen LogP contribution in [0.3, 0.4) is 0 Å². The number of benzene rings is 1. The van der Waals surface area contributed by atoms with Crippen LogP contribution in [-0.2, 0) is 21.1 Å². The van der Waals surface area contributed by atoms with Crippen molar-refractivity contribution >= 4 is 15.7 Å². The molecule has 2 fully saturated rings. The number of piperidine rings is 1. The standard InChI is InChI=1S/C18H25NO3S/c1-13-5-3-4-6-14(13)7-10-18(20)19-15-8-9-16(19)12-17(11-15)23(2,21)22/h3-6,15-17H,7-12H2,1-2H3/t15-,16-/m0/s1. The lowest BCUT2D eigenvalue weighted by molar-refractivity contribution is -0.135. The van der Waals surface area contributed by atoms with Crippen LogP contribution in [0, 0.1) is 6.92 Å². The summed E-state index contributed by atoms with van der Waals surface area (Å²) in [6.07, 6.45) is 5.74. The van der Waals surface area contributed by atoms with Crippen LogP contribution in [0.4, 0.5) is 0 Å². The van der Waals surface area contributed by atoms with Crippen LogP contribution in [0.15, 0.2) is 24.3 Å². The molecule has 2 aliphatic rings. The summed E-state index contributed by atoms with van der Waals surface area (Å²) in [7, 11) is -3.00. The highest BCUT2D eigenvalue weighted by molar-refractivity contribution is 7.91. The van der Waals surface area contributed by atoms with Crippen molar-refractivity contribution in [2.45, 2.75) is 62.8 Å². The zero-order chi connectivity index (χ0) is 16.6. The summed E-state index contributed by atoms with van der Waals surface area (Å²) < 4.78 is 23.7. The summed E-state index contributed by atoms with van der Waals surface area (Å²) in [6, 6.07) is 8.41. The summed E-state index contributed by atoms with van der Waals surface area (Å²) >= 11 is 0. The first-order valence-electron chi connectivity index (χ1n) is 8.41. The van der Waals surface area contributed by atoms with Crippen LogP contribution in [0.25, 0.3) is 0 Å². The van der Waals surface area contributed by atoms with Gasteiger partial charge in [-0.3, -0.25) is 4.79 Å². The van der Waals surface area contributed by atoms with Crippen molar-refractivity contribution in [3.63, 3.8) is 0 Å². The van der Waals surface area contributed by atoms with Crippen molar-refractivity contribution in [2.24, 2.45) is 0 Å². The summed E-state index contributed by atoms with van der Waals surface area (Å²) in [6.45, 7) is 2.07. The summed E-state index contributed by atoms with van der Waals surface area (Å²) in [5, 5.41) is -0.264. The average molecular weight is 335 g/mol. The predicted molar refractivity (Wildman–Crippen MR) is 91.0 cm³/mol. The fraction of sp³-hybridized carbons (Fsp3) is 0.611. The van der Waals surface area contributed by atoms with Gasteiger partial charge in [0.2, 0.25) is 5.91 Å². The minimum atomic E-state index is -3.00. The number of fused-ring (bicyclic) bond motifs is 2. The van der Waals surface area contributed by atoms with Gasteiger partial charge >= 0.3 is 0 Å². The fourth-order valence-electron chi connectivity index (χ4n) is 4.15. The largest absolute Gasteiger partial charge is 0.337 e. The van der Waals surface area contributed by atoms with Gasteiger partial charge in [-0.15, -0.1) is 0 Å². The number of rotatable bonds is 4. The molecule has 0 radical (unpaired) electrons. The Bertz CT molecular complexity index is 684. The third kappa shape index (κ3) is 3.44. The molecule has 23 heavy (non-hydrogen) atoms. The molecule has 3 rings (SSSR count). The van der Waals surface area contributed by atoms with Crippen LogP contribution >= 0.6 is 0 Å². The van der Waals surface area contributed by atoms with Gasteiger partial charge in [0.1, 0.15) is 9.84 Å². The first-order valence-corrected chi connectivity index (χ1v) is 10.4. The summed E-state index contributed by atoms with van der Waals surface area (Å²) in [5.41, 5.74) is 2.44. The van der Waals surface area contributed by atoms with Gasteiger partial charge in [0.25, 0.3) is 0 Å². The maximum Gasteiger partial charge on any atom is 0.223 e. The Hall–Kier alpha value is -1.36. The Kier molecular flexibility index (Phi) is 4.50. The highest BCUT2D eigenvalue weighted by Crippen LogP contribution is 2.38. The van der Waals surface area contributed by atoms with Gasteiger partial charge in [-0.25, -0.2) is 8.42 Å². The monoisotopic (exact) mass is 335 g/mol. The second-order valence-corrected chi connectivity index (χ2v) is 9.36. The van der Waals surface area contributed by atoms with Crippen molar-refractivity contribution in [2.75, 3.05) is 6.26 Å².